The predicted molar refractivity (Wildman–Crippen MR) is 76.4 cm³/mol. The molecule has 1 aliphatic carbocycles. The van der Waals surface area contributed by atoms with E-state index in [1.54, 1.807) is 21.0 Å². The molecule has 2 unspecified atom stereocenters. The van der Waals surface area contributed by atoms with E-state index in [9.17, 15) is 14.4 Å². The average molecular weight is 296 g/mol. The number of hydrogen-bond acceptors (Lipinski definition) is 4. The van der Waals surface area contributed by atoms with Crippen LogP contribution in [0.15, 0.2) is 0 Å². The number of barbiturate groups is 1. The maximum absolute atomic E-state index is 12.9. The van der Waals surface area contributed by atoms with Crippen molar-refractivity contribution >= 4 is 17.8 Å². The Labute approximate surface area is 125 Å². The highest BCUT2D eigenvalue weighted by Crippen LogP contribution is 2.47. The number of rotatable bonds is 4. The smallest absolute Gasteiger partial charge is 0.331 e. The highest BCUT2D eigenvalue weighted by molar-refractivity contribution is 6.19. The van der Waals surface area contributed by atoms with Crippen LogP contribution < -0.4 is 5.32 Å². The predicted octanol–water partition coefficient (Wildman–Crippen LogP) is 1.68. The monoisotopic (exact) mass is 296 g/mol. The molecule has 6 heteroatoms. The van der Waals surface area contributed by atoms with E-state index in [0.717, 1.165) is 0 Å². The number of carbonyl (C=O) groups is 3. The van der Waals surface area contributed by atoms with Gasteiger partial charge in [-0.3, -0.25) is 19.8 Å². The van der Waals surface area contributed by atoms with E-state index >= 15 is 0 Å². The molecule has 1 heterocycles. The lowest BCUT2D eigenvalue weighted by atomic mass is 9.63. The van der Waals surface area contributed by atoms with E-state index in [0.29, 0.717) is 19.3 Å². The first kappa shape index (κ1) is 15.9. The van der Waals surface area contributed by atoms with Crippen LogP contribution in [-0.2, 0) is 14.3 Å². The quantitative estimate of drug-likeness (QED) is 0.801. The molecule has 0 spiro atoms. The molecule has 0 aromatic carbocycles. The minimum atomic E-state index is -1.12. The molecular formula is C15H24N2O4. The molecular weight excluding hydrogens is 272 g/mol. The third-order valence-corrected chi connectivity index (χ3v) is 5.43. The number of nitrogens with one attached hydrogen (secondary N) is 1. The van der Waals surface area contributed by atoms with E-state index in [1.165, 1.54) is 4.90 Å². The molecule has 1 saturated heterocycles. The van der Waals surface area contributed by atoms with Gasteiger partial charge in [-0.1, -0.05) is 27.7 Å². The standard InChI is InChI=1S/C15H24N2O4/c1-6-15(7-2)11(18)16-13(20)17(12(15)19)9-8-10(21-5)14(9,3)4/h9-10H,6-8H2,1-5H3,(H,16,18,20). The largest absolute Gasteiger partial charge is 0.381 e. The Hall–Kier alpha value is -1.43. The van der Waals surface area contributed by atoms with Gasteiger partial charge < -0.3 is 4.74 Å². The van der Waals surface area contributed by atoms with Crippen LogP contribution in [0.25, 0.3) is 0 Å². The van der Waals surface area contributed by atoms with Gasteiger partial charge in [-0.15, -0.1) is 0 Å². The molecule has 0 aromatic rings. The first-order valence-electron chi connectivity index (χ1n) is 7.48. The van der Waals surface area contributed by atoms with Crippen molar-refractivity contribution in [2.24, 2.45) is 10.8 Å². The maximum atomic E-state index is 12.9. The molecule has 2 rings (SSSR count). The first-order chi connectivity index (χ1) is 9.76. The Bertz CT molecular complexity index is 482. The molecule has 21 heavy (non-hydrogen) atoms. The second-order valence-electron chi connectivity index (χ2n) is 6.52. The molecule has 2 aliphatic rings. The number of carbonyl (C=O) groups excluding carboxylic acids is 3. The summed E-state index contributed by atoms with van der Waals surface area (Å²) in [6.45, 7) is 7.56. The molecule has 1 saturated carbocycles. The van der Waals surface area contributed by atoms with Crippen molar-refractivity contribution in [1.29, 1.82) is 0 Å². The number of imide groups is 2. The van der Waals surface area contributed by atoms with Crippen molar-refractivity contribution in [3.63, 3.8) is 0 Å². The van der Waals surface area contributed by atoms with Gasteiger partial charge in [0, 0.05) is 12.5 Å². The van der Waals surface area contributed by atoms with Crippen LogP contribution in [0.1, 0.15) is 47.0 Å². The van der Waals surface area contributed by atoms with Gasteiger partial charge in [0.2, 0.25) is 11.8 Å². The van der Waals surface area contributed by atoms with Gasteiger partial charge in [0.1, 0.15) is 5.41 Å². The van der Waals surface area contributed by atoms with Gasteiger partial charge in [-0.2, -0.15) is 0 Å². The lowest BCUT2D eigenvalue weighted by Gasteiger charge is -2.56. The van der Waals surface area contributed by atoms with Gasteiger partial charge >= 0.3 is 6.03 Å². The van der Waals surface area contributed by atoms with E-state index in [-0.39, 0.29) is 23.5 Å². The third kappa shape index (κ3) is 1.99. The summed E-state index contributed by atoms with van der Waals surface area (Å²) < 4.78 is 5.38. The molecule has 6 nitrogen and oxygen atoms in total. The van der Waals surface area contributed by atoms with Gasteiger partial charge in [0.25, 0.3) is 0 Å². The summed E-state index contributed by atoms with van der Waals surface area (Å²) in [6.07, 6.45) is 1.40. The molecule has 0 radical (unpaired) electrons. The summed E-state index contributed by atoms with van der Waals surface area (Å²) in [6, 6.07) is -0.837. The minimum absolute atomic E-state index is 0.0124. The Morgan fingerprint density at radius 2 is 1.81 bits per heavy atom. The lowest BCUT2D eigenvalue weighted by Crippen LogP contribution is -2.72. The Morgan fingerprint density at radius 3 is 2.24 bits per heavy atom. The fourth-order valence-electron chi connectivity index (χ4n) is 3.56. The minimum Gasteiger partial charge on any atom is -0.381 e. The molecule has 0 bridgehead atoms. The number of ether oxygens (including phenoxy) is 1. The van der Waals surface area contributed by atoms with Crippen LogP contribution in [-0.4, -0.2) is 42.0 Å². The Kier molecular flexibility index (Phi) is 3.86. The summed E-state index contributed by atoms with van der Waals surface area (Å²) >= 11 is 0. The van der Waals surface area contributed by atoms with E-state index in [1.807, 2.05) is 13.8 Å². The van der Waals surface area contributed by atoms with Crippen molar-refractivity contribution < 1.29 is 19.1 Å². The number of hydrogen-bond donors (Lipinski definition) is 1. The van der Waals surface area contributed by atoms with Crippen molar-refractivity contribution in [1.82, 2.24) is 10.2 Å². The second-order valence-corrected chi connectivity index (χ2v) is 6.52. The molecule has 0 aromatic heterocycles. The van der Waals surface area contributed by atoms with Crippen molar-refractivity contribution in [3.8, 4) is 0 Å². The van der Waals surface area contributed by atoms with E-state index in [2.05, 4.69) is 5.32 Å². The van der Waals surface area contributed by atoms with Gasteiger partial charge in [0.15, 0.2) is 0 Å². The summed E-state index contributed by atoms with van der Waals surface area (Å²) in [4.78, 5) is 38.4. The van der Waals surface area contributed by atoms with Crippen molar-refractivity contribution in [3.05, 3.63) is 0 Å². The van der Waals surface area contributed by atoms with Crippen LogP contribution in [0.4, 0.5) is 4.79 Å². The fraction of sp³-hybridized carbons (Fsp3) is 0.800. The third-order valence-electron chi connectivity index (χ3n) is 5.43. The highest BCUT2D eigenvalue weighted by atomic mass is 16.5. The zero-order valence-electron chi connectivity index (χ0n) is 13.4. The second kappa shape index (κ2) is 5.09. The SMILES string of the molecule is CCC1(CC)C(=O)NC(=O)N(C2CC(OC)C2(C)C)C1=O. The number of urea groups is 1. The maximum Gasteiger partial charge on any atom is 0.331 e. The topological polar surface area (TPSA) is 75.7 Å². The summed E-state index contributed by atoms with van der Waals surface area (Å²) in [5.74, 6) is -0.840. The van der Waals surface area contributed by atoms with Crippen LogP contribution in [0.2, 0.25) is 0 Å². The Balaban J connectivity index is 2.34. The fourth-order valence-corrected chi connectivity index (χ4v) is 3.56. The van der Waals surface area contributed by atoms with Gasteiger partial charge in [0.05, 0.1) is 12.1 Å². The molecule has 1 N–H and O–H groups in total. The Morgan fingerprint density at radius 1 is 1.24 bits per heavy atom. The zero-order valence-corrected chi connectivity index (χ0v) is 13.4. The number of nitrogens with zero attached hydrogens (tertiary/aromatic N) is 1. The van der Waals surface area contributed by atoms with Gasteiger partial charge in [-0.05, 0) is 19.3 Å². The molecule has 118 valence electrons. The summed E-state index contributed by atoms with van der Waals surface area (Å²) in [5, 5.41) is 2.36. The van der Waals surface area contributed by atoms with Crippen LogP contribution >= 0.6 is 0 Å². The molecule has 1 aliphatic heterocycles. The van der Waals surface area contributed by atoms with Crippen LogP contribution in [0, 0.1) is 10.8 Å². The summed E-state index contributed by atoms with van der Waals surface area (Å²) in [7, 11) is 1.63. The normalized spacial score (nSPS) is 30.9. The van der Waals surface area contributed by atoms with Crippen LogP contribution in [0.5, 0.6) is 0 Å². The van der Waals surface area contributed by atoms with Gasteiger partial charge in [-0.25, -0.2) is 4.79 Å². The highest BCUT2D eigenvalue weighted by Gasteiger charge is 2.60. The van der Waals surface area contributed by atoms with Crippen molar-refractivity contribution in [2.45, 2.75) is 59.1 Å². The molecule has 2 fully saturated rings. The first-order valence-corrected chi connectivity index (χ1v) is 7.48. The van der Waals surface area contributed by atoms with E-state index < -0.39 is 17.4 Å². The molecule has 4 amide bonds. The zero-order chi connectivity index (χ0) is 16.0. The van der Waals surface area contributed by atoms with Crippen LogP contribution in [0.3, 0.4) is 0 Å². The average Bonchev–Trinajstić information content (AvgIpc) is 2.43. The number of amides is 4. The summed E-state index contributed by atoms with van der Waals surface area (Å²) in [5.41, 5.74) is -1.43. The number of methoxy groups -OCH3 is 1. The molecule has 2 atom stereocenters. The lowest BCUT2D eigenvalue weighted by molar-refractivity contribution is -0.169. The van der Waals surface area contributed by atoms with Crippen molar-refractivity contribution in [2.75, 3.05) is 7.11 Å². The van der Waals surface area contributed by atoms with E-state index in [4.69, 9.17) is 4.74 Å².